The smallest absolute Gasteiger partial charge is 0.276 e. The van der Waals surface area contributed by atoms with Gasteiger partial charge >= 0.3 is 6.18 Å². The molecule has 0 saturated carbocycles. The Morgan fingerprint density at radius 1 is 1.23 bits per heavy atom. The zero-order valence-electron chi connectivity index (χ0n) is 12.9. The zero-order valence-corrected chi connectivity index (χ0v) is 14.5. The lowest BCUT2D eigenvalue weighted by Gasteiger charge is -2.08. The van der Waals surface area contributed by atoms with Crippen LogP contribution in [0.1, 0.15) is 11.1 Å². The number of benzene rings is 1. The van der Waals surface area contributed by atoms with E-state index in [1.54, 1.807) is 12.1 Å². The minimum Gasteiger partial charge on any atom is -0.276 e. The Bertz CT molecular complexity index is 960. The van der Waals surface area contributed by atoms with Crippen molar-refractivity contribution in [1.29, 1.82) is 0 Å². The van der Waals surface area contributed by atoms with Crippen molar-refractivity contribution >= 4 is 34.7 Å². The Labute approximate surface area is 154 Å². The van der Waals surface area contributed by atoms with Crippen LogP contribution >= 0.6 is 23.4 Å². The third kappa shape index (κ3) is 3.91. The van der Waals surface area contributed by atoms with Crippen molar-refractivity contribution in [2.75, 3.05) is 5.75 Å². The number of nitro benzene ring substituents is 1. The molecule has 0 bridgehead atoms. The quantitative estimate of drug-likeness (QED) is 0.353. The van der Waals surface area contributed by atoms with Gasteiger partial charge < -0.3 is 0 Å². The molecule has 26 heavy (non-hydrogen) atoms. The van der Waals surface area contributed by atoms with E-state index < -0.39 is 16.7 Å². The van der Waals surface area contributed by atoms with E-state index >= 15 is 0 Å². The second-order valence-corrected chi connectivity index (χ2v) is 6.74. The summed E-state index contributed by atoms with van der Waals surface area (Å²) in [6.45, 7) is 0. The summed E-state index contributed by atoms with van der Waals surface area (Å²) in [5, 5.41) is 18.5. The fourth-order valence-corrected chi connectivity index (χ4v) is 3.38. The van der Waals surface area contributed by atoms with Crippen LogP contribution in [0.2, 0.25) is 5.02 Å². The molecule has 0 aliphatic carbocycles. The minimum absolute atomic E-state index is 0.000763. The van der Waals surface area contributed by atoms with E-state index in [-0.39, 0.29) is 21.5 Å². The molecule has 0 aliphatic heterocycles. The summed E-state index contributed by atoms with van der Waals surface area (Å²) < 4.78 is 40.0. The Kier molecular flexibility index (Phi) is 5.05. The van der Waals surface area contributed by atoms with Crippen molar-refractivity contribution in [2.24, 2.45) is 0 Å². The van der Waals surface area contributed by atoms with Crippen LogP contribution in [0.3, 0.4) is 0 Å². The van der Waals surface area contributed by atoms with Gasteiger partial charge in [0.1, 0.15) is 0 Å². The predicted octanol–water partition coefficient (Wildman–Crippen LogP) is 4.64. The molecule has 2 heterocycles. The van der Waals surface area contributed by atoms with Gasteiger partial charge in [0, 0.05) is 24.1 Å². The number of non-ortho nitro benzene ring substituents is 1. The molecule has 6 nitrogen and oxygen atoms in total. The highest BCUT2D eigenvalue weighted by atomic mass is 35.5. The van der Waals surface area contributed by atoms with Gasteiger partial charge in [0.2, 0.25) is 0 Å². The summed E-state index contributed by atoms with van der Waals surface area (Å²) in [5.41, 5.74) is 0.134. The van der Waals surface area contributed by atoms with E-state index in [4.69, 9.17) is 11.6 Å². The van der Waals surface area contributed by atoms with Crippen molar-refractivity contribution in [3.05, 3.63) is 62.8 Å². The molecule has 136 valence electrons. The molecule has 2 aromatic heterocycles. The molecule has 11 heteroatoms. The lowest BCUT2D eigenvalue weighted by molar-refractivity contribution is -0.384. The Morgan fingerprint density at radius 2 is 1.92 bits per heavy atom. The molecule has 0 radical (unpaired) electrons. The molecular formula is C15H10ClF3N4O2S. The van der Waals surface area contributed by atoms with Crippen molar-refractivity contribution in [2.45, 2.75) is 17.8 Å². The first-order chi connectivity index (χ1) is 12.3. The summed E-state index contributed by atoms with van der Waals surface area (Å²) in [6, 6.07) is 6.90. The van der Waals surface area contributed by atoms with Gasteiger partial charge in [-0.2, -0.15) is 13.2 Å². The summed E-state index contributed by atoms with van der Waals surface area (Å²) in [4.78, 5) is 10.1. The maximum absolute atomic E-state index is 12.9. The average Bonchev–Trinajstić information content (AvgIpc) is 2.98. The summed E-state index contributed by atoms with van der Waals surface area (Å²) >= 11 is 7.08. The highest BCUT2D eigenvalue weighted by Crippen LogP contribution is 2.33. The molecule has 0 N–H and O–H groups in total. The number of aryl methyl sites for hydroxylation is 1. The predicted molar refractivity (Wildman–Crippen MR) is 90.5 cm³/mol. The largest absolute Gasteiger partial charge is 0.417 e. The van der Waals surface area contributed by atoms with E-state index in [2.05, 4.69) is 10.2 Å². The topological polar surface area (TPSA) is 73.3 Å². The molecule has 0 spiro atoms. The normalized spacial score (nSPS) is 11.8. The van der Waals surface area contributed by atoms with Crippen molar-refractivity contribution < 1.29 is 18.1 Å². The molecule has 1 aromatic carbocycles. The monoisotopic (exact) mass is 402 g/mol. The molecule has 0 amide bonds. The first kappa shape index (κ1) is 18.5. The van der Waals surface area contributed by atoms with E-state index in [1.165, 1.54) is 28.3 Å². The number of aromatic nitrogens is 3. The highest BCUT2D eigenvalue weighted by Gasteiger charge is 2.32. The molecule has 0 aliphatic rings. The number of pyridine rings is 1. The van der Waals surface area contributed by atoms with Crippen molar-refractivity contribution in [3.8, 4) is 0 Å². The SMILES string of the molecule is O=[N+]([O-])c1ccc(CCSc2nnc3c(Cl)cc(C(F)(F)F)cn23)cc1. The van der Waals surface area contributed by atoms with Crippen LogP contribution in [0.5, 0.6) is 0 Å². The van der Waals surface area contributed by atoms with E-state index in [1.807, 2.05) is 0 Å². The van der Waals surface area contributed by atoms with Crippen LogP contribution in [-0.4, -0.2) is 25.3 Å². The second-order valence-electron chi connectivity index (χ2n) is 5.27. The van der Waals surface area contributed by atoms with Gasteiger partial charge in [-0.1, -0.05) is 35.5 Å². The zero-order chi connectivity index (χ0) is 18.9. The van der Waals surface area contributed by atoms with Gasteiger partial charge in [0.15, 0.2) is 10.8 Å². The first-order valence-corrected chi connectivity index (χ1v) is 8.59. The maximum atomic E-state index is 12.9. The van der Waals surface area contributed by atoms with Crippen molar-refractivity contribution in [1.82, 2.24) is 14.6 Å². The number of nitrogens with zero attached hydrogens (tertiary/aromatic N) is 4. The van der Waals surface area contributed by atoms with E-state index in [0.29, 0.717) is 12.2 Å². The van der Waals surface area contributed by atoms with Gasteiger partial charge in [0.25, 0.3) is 5.69 Å². The van der Waals surface area contributed by atoms with Gasteiger partial charge in [-0.15, -0.1) is 10.2 Å². The van der Waals surface area contributed by atoms with E-state index in [9.17, 15) is 23.3 Å². The number of rotatable bonds is 5. The lowest BCUT2D eigenvalue weighted by atomic mass is 10.1. The third-order valence-corrected chi connectivity index (χ3v) is 4.75. The fourth-order valence-electron chi connectivity index (χ4n) is 2.23. The number of fused-ring (bicyclic) bond motifs is 1. The number of hydrogen-bond donors (Lipinski definition) is 0. The molecule has 0 saturated heterocycles. The summed E-state index contributed by atoms with van der Waals surface area (Å²) in [7, 11) is 0. The van der Waals surface area contributed by atoms with Gasteiger partial charge in [-0.3, -0.25) is 14.5 Å². The number of thioether (sulfide) groups is 1. The fraction of sp³-hybridized carbons (Fsp3) is 0.200. The average molecular weight is 403 g/mol. The molecule has 0 atom stereocenters. The maximum Gasteiger partial charge on any atom is 0.417 e. The second kappa shape index (κ2) is 7.12. The summed E-state index contributed by atoms with van der Waals surface area (Å²) in [5.74, 6) is 0.506. The molecule has 0 fully saturated rings. The Morgan fingerprint density at radius 3 is 2.54 bits per heavy atom. The van der Waals surface area contributed by atoms with Crippen LogP contribution in [-0.2, 0) is 12.6 Å². The highest BCUT2D eigenvalue weighted by molar-refractivity contribution is 7.99. The van der Waals surface area contributed by atoms with Crippen LogP contribution in [0.25, 0.3) is 5.65 Å². The lowest BCUT2D eigenvalue weighted by Crippen LogP contribution is -2.07. The van der Waals surface area contributed by atoms with Crippen LogP contribution in [0.4, 0.5) is 18.9 Å². The molecule has 3 aromatic rings. The van der Waals surface area contributed by atoms with Crippen LogP contribution < -0.4 is 0 Å². The van der Waals surface area contributed by atoms with Gasteiger partial charge in [-0.25, -0.2) is 0 Å². The van der Waals surface area contributed by atoms with Crippen molar-refractivity contribution in [3.63, 3.8) is 0 Å². The Balaban J connectivity index is 1.74. The van der Waals surface area contributed by atoms with E-state index in [0.717, 1.165) is 17.8 Å². The van der Waals surface area contributed by atoms with Gasteiger partial charge in [0.05, 0.1) is 15.5 Å². The summed E-state index contributed by atoms with van der Waals surface area (Å²) in [6.07, 6.45) is -3.05. The number of alkyl halides is 3. The standard InChI is InChI=1S/C15H10ClF3N4O2S/c16-12-7-10(15(17,18)19)8-22-13(12)20-21-14(22)26-6-5-9-1-3-11(4-2-9)23(24)25/h1-4,7-8H,5-6H2. The first-order valence-electron chi connectivity index (χ1n) is 7.23. The molecule has 3 rings (SSSR count). The van der Waals surface area contributed by atoms with Gasteiger partial charge in [-0.05, 0) is 18.1 Å². The molecule has 0 unspecified atom stereocenters. The minimum atomic E-state index is -4.53. The number of halogens is 4. The Hall–Kier alpha value is -2.33. The number of hydrogen-bond acceptors (Lipinski definition) is 5. The van der Waals surface area contributed by atoms with Crippen LogP contribution in [0, 0.1) is 10.1 Å². The molecular weight excluding hydrogens is 393 g/mol. The number of nitro groups is 1. The third-order valence-electron chi connectivity index (χ3n) is 3.52. The van der Waals surface area contributed by atoms with Crippen LogP contribution in [0.15, 0.2) is 41.7 Å².